The standard InChI is InChI=1S/C41H49N13O6S/c1-41(10-2-11-41)49-35-34-32(9-23-61(34)58)46-39(48-35)53-20-18-52(19-21-53)38-44-26-31(27-45-38)60-36(56)28-24-42-37(43-25-28)51-16-14-50(15-17-51)12-3-22-59-30-6-4-29(5-7-30)54-13-8-33(55)47-40(54)57/h4-7,24-27H,2-3,8-23H2,1H3,(H,46,48,49)(H,47,55,57). The van der Waals surface area contributed by atoms with Crippen molar-refractivity contribution in [1.82, 2.24) is 40.1 Å². The predicted octanol–water partition coefficient (Wildman–Crippen LogP) is 2.66. The zero-order valence-corrected chi connectivity index (χ0v) is 34.9. The van der Waals surface area contributed by atoms with E-state index < -0.39 is 22.8 Å². The molecule has 4 aromatic rings. The van der Waals surface area contributed by atoms with E-state index in [1.165, 1.54) is 31.2 Å². The molecule has 61 heavy (non-hydrogen) atoms. The predicted molar refractivity (Wildman–Crippen MR) is 227 cm³/mol. The van der Waals surface area contributed by atoms with E-state index in [4.69, 9.17) is 19.4 Å². The number of amides is 3. The maximum absolute atomic E-state index is 13.0. The molecule has 0 spiro atoms. The average molecular weight is 852 g/mol. The van der Waals surface area contributed by atoms with Crippen LogP contribution in [0.5, 0.6) is 11.5 Å². The average Bonchev–Trinajstić information content (AvgIpc) is 3.66. The molecule has 5 aliphatic rings. The van der Waals surface area contributed by atoms with Crippen LogP contribution in [0.4, 0.5) is 34.1 Å². The van der Waals surface area contributed by atoms with Gasteiger partial charge < -0.3 is 29.5 Å². The SMILES string of the molecule is CC1(Nc2nc(N3CCN(c4ncc(OC(=O)c5cnc(N6CCN(CCCOc7ccc(N8CCC(=O)NC8=O)cc7)CC6)nc5)cn4)CC3)nc3c2S(=O)CC3)CCC1. The summed E-state index contributed by atoms with van der Waals surface area (Å²) in [5.41, 5.74) is 1.82. The van der Waals surface area contributed by atoms with Crippen molar-refractivity contribution in [3.8, 4) is 11.5 Å². The maximum Gasteiger partial charge on any atom is 0.346 e. The first-order valence-electron chi connectivity index (χ1n) is 20.9. The lowest BCUT2D eigenvalue weighted by atomic mass is 9.78. The van der Waals surface area contributed by atoms with Crippen LogP contribution in [0.25, 0.3) is 0 Å². The molecule has 7 heterocycles. The van der Waals surface area contributed by atoms with Crippen LogP contribution in [0.3, 0.4) is 0 Å². The van der Waals surface area contributed by atoms with Gasteiger partial charge in [0.15, 0.2) is 5.75 Å². The third-order valence-corrected chi connectivity index (χ3v) is 13.3. The molecular weight excluding hydrogens is 803 g/mol. The minimum Gasteiger partial charge on any atom is -0.494 e. The van der Waals surface area contributed by atoms with E-state index in [2.05, 4.69) is 57.1 Å². The third-order valence-electron chi connectivity index (χ3n) is 11.8. The Kier molecular flexibility index (Phi) is 11.6. The highest BCUT2D eigenvalue weighted by molar-refractivity contribution is 7.85. The highest BCUT2D eigenvalue weighted by Gasteiger charge is 2.36. The lowest BCUT2D eigenvalue weighted by molar-refractivity contribution is -0.120. The second kappa shape index (κ2) is 17.5. The number of anilines is 5. The summed E-state index contributed by atoms with van der Waals surface area (Å²) in [7, 11) is -1.08. The van der Waals surface area contributed by atoms with Crippen molar-refractivity contribution in [3.05, 3.63) is 60.3 Å². The van der Waals surface area contributed by atoms with Crippen molar-refractivity contribution in [2.24, 2.45) is 0 Å². The summed E-state index contributed by atoms with van der Waals surface area (Å²) in [6.45, 7) is 9.87. The van der Waals surface area contributed by atoms with E-state index in [1.807, 2.05) is 24.3 Å². The van der Waals surface area contributed by atoms with Crippen molar-refractivity contribution < 1.29 is 28.1 Å². The molecule has 1 aromatic carbocycles. The highest BCUT2D eigenvalue weighted by Crippen LogP contribution is 2.38. The topological polar surface area (TPSA) is 204 Å². The molecule has 1 aliphatic carbocycles. The van der Waals surface area contributed by atoms with Gasteiger partial charge in [-0.1, -0.05) is 0 Å². The Labute approximate surface area is 355 Å². The summed E-state index contributed by atoms with van der Waals surface area (Å²) >= 11 is 0. The third kappa shape index (κ3) is 9.19. The molecule has 320 valence electrons. The number of ether oxygens (including phenoxy) is 2. The van der Waals surface area contributed by atoms with E-state index in [9.17, 15) is 18.6 Å². The summed E-state index contributed by atoms with van der Waals surface area (Å²) < 4.78 is 24.3. The fraction of sp³-hybridized carbons (Fsp3) is 0.488. The Morgan fingerprint density at radius 3 is 2.08 bits per heavy atom. The number of urea groups is 1. The molecule has 0 bridgehead atoms. The number of aromatic nitrogens is 6. The summed E-state index contributed by atoms with van der Waals surface area (Å²) in [5.74, 6) is 3.17. The van der Waals surface area contributed by atoms with Gasteiger partial charge in [0.05, 0.1) is 41.1 Å². The van der Waals surface area contributed by atoms with Crippen molar-refractivity contribution in [1.29, 1.82) is 0 Å². The van der Waals surface area contributed by atoms with Crippen LogP contribution in [0.2, 0.25) is 0 Å². The molecule has 3 saturated heterocycles. The van der Waals surface area contributed by atoms with Crippen LogP contribution < -0.4 is 39.7 Å². The van der Waals surface area contributed by atoms with Gasteiger partial charge in [0, 0.05) is 108 Å². The molecule has 1 saturated carbocycles. The number of imide groups is 1. The Morgan fingerprint density at radius 1 is 0.803 bits per heavy atom. The summed E-state index contributed by atoms with van der Waals surface area (Å²) in [6, 6.07) is 6.90. The zero-order chi connectivity index (χ0) is 41.9. The number of rotatable bonds is 13. The van der Waals surface area contributed by atoms with Gasteiger partial charge in [0.25, 0.3) is 0 Å². The lowest BCUT2D eigenvalue weighted by Crippen LogP contribution is -2.49. The number of hydrogen-bond donors (Lipinski definition) is 2. The number of carbonyl (C=O) groups excluding carboxylic acids is 3. The molecule has 3 amide bonds. The van der Waals surface area contributed by atoms with Crippen LogP contribution in [-0.4, -0.2) is 140 Å². The van der Waals surface area contributed by atoms with Gasteiger partial charge in [-0.15, -0.1) is 0 Å². The van der Waals surface area contributed by atoms with Gasteiger partial charge in [-0.05, 0) is 56.9 Å². The first kappa shape index (κ1) is 40.4. The number of piperazine rings is 2. The molecule has 4 fully saturated rings. The van der Waals surface area contributed by atoms with Crippen LogP contribution in [0.15, 0.2) is 53.9 Å². The quantitative estimate of drug-likeness (QED) is 0.147. The summed E-state index contributed by atoms with van der Waals surface area (Å²) in [6.07, 6.45) is 11.1. The number of fused-ring (bicyclic) bond motifs is 1. The number of benzene rings is 1. The minimum absolute atomic E-state index is 0.0141. The molecule has 1 unspecified atom stereocenters. The van der Waals surface area contributed by atoms with Crippen molar-refractivity contribution in [3.63, 3.8) is 0 Å². The molecule has 1 atom stereocenters. The first-order valence-corrected chi connectivity index (χ1v) is 22.2. The van der Waals surface area contributed by atoms with Crippen molar-refractivity contribution in [2.75, 3.05) is 103 Å². The number of nitrogens with one attached hydrogen (secondary N) is 2. The minimum atomic E-state index is -1.08. The van der Waals surface area contributed by atoms with E-state index in [0.29, 0.717) is 69.3 Å². The summed E-state index contributed by atoms with van der Waals surface area (Å²) in [5, 5.41) is 5.94. The molecule has 19 nitrogen and oxygen atoms in total. The first-order chi connectivity index (χ1) is 29.7. The number of carbonyl (C=O) groups is 3. The van der Waals surface area contributed by atoms with Crippen molar-refractivity contribution in [2.45, 2.75) is 55.9 Å². The van der Waals surface area contributed by atoms with E-state index >= 15 is 0 Å². The summed E-state index contributed by atoms with van der Waals surface area (Å²) in [4.78, 5) is 75.1. The number of hydrogen-bond acceptors (Lipinski definition) is 17. The molecular formula is C41H49N13O6S. The Morgan fingerprint density at radius 2 is 1.44 bits per heavy atom. The highest BCUT2D eigenvalue weighted by atomic mass is 32.2. The molecule has 3 aromatic heterocycles. The van der Waals surface area contributed by atoms with Crippen LogP contribution >= 0.6 is 0 Å². The molecule has 2 N–H and O–H groups in total. The molecule has 0 radical (unpaired) electrons. The monoisotopic (exact) mass is 851 g/mol. The number of aryl methyl sites for hydroxylation is 1. The van der Waals surface area contributed by atoms with E-state index in [1.54, 1.807) is 4.90 Å². The van der Waals surface area contributed by atoms with E-state index in [-0.39, 0.29) is 29.2 Å². The number of esters is 1. The smallest absolute Gasteiger partial charge is 0.346 e. The van der Waals surface area contributed by atoms with Gasteiger partial charge in [-0.25, -0.2) is 34.5 Å². The Balaban J connectivity index is 0.693. The number of nitrogens with zero attached hydrogens (tertiary/aromatic N) is 11. The maximum atomic E-state index is 13.0. The fourth-order valence-corrected chi connectivity index (χ4v) is 9.40. The van der Waals surface area contributed by atoms with Gasteiger partial charge >= 0.3 is 12.0 Å². The van der Waals surface area contributed by atoms with Gasteiger partial charge in [-0.3, -0.25) is 24.1 Å². The normalized spacial score (nSPS) is 20.2. The molecule has 9 rings (SSSR count). The second-order valence-electron chi connectivity index (χ2n) is 16.1. The van der Waals surface area contributed by atoms with Crippen LogP contribution in [0, 0.1) is 0 Å². The van der Waals surface area contributed by atoms with Crippen LogP contribution in [-0.2, 0) is 22.0 Å². The van der Waals surface area contributed by atoms with Gasteiger partial charge in [0.2, 0.25) is 23.8 Å². The van der Waals surface area contributed by atoms with Crippen LogP contribution in [0.1, 0.15) is 55.1 Å². The largest absolute Gasteiger partial charge is 0.494 e. The zero-order valence-electron chi connectivity index (χ0n) is 34.1. The van der Waals surface area contributed by atoms with E-state index in [0.717, 1.165) is 79.8 Å². The van der Waals surface area contributed by atoms with Gasteiger partial charge in [0.1, 0.15) is 16.5 Å². The fourth-order valence-electron chi connectivity index (χ4n) is 8.10. The molecule has 20 heteroatoms. The Hall–Kier alpha value is -6.02. The lowest BCUT2D eigenvalue weighted by Gasteiger charge is -2.40. The second-order valence-corrected chi connectivity index (χ2v) is 17.6. The van der Waals surface area contributed by atoms with Crippen molar-refractivity contribution >= 4 is 58.1 Å². The molecule has 4 aliphatic heterocycles. The van der Waals surface area contributed by atoms with Gasteiger partial charge in [-0.2, -0.15) is 4.98 Å². The Bertz CT molecular complexity index is 2260.